The van der Waals surface area contributed by atoms with Gasteiger partial charge in [-0.1, -0.05) is 18.2 Å². The molecule has 1 aromatic carbocycles. The van der Waals surface area contributed by atoms with Gasteiger partial charge in [0.05, 0.1) is 18.5 Å². The molecular weight excluding hydrogens is 368 g/mol. The largest absolute Gasteiger partial charge is 0.493 e. The maximum absolute atomic E-state index is 11.9. The summed E-state index contributed by atoms with van der Waals surface area (Å²) < 4.78 is 17.2. The van der Waals surface area contributed by atoms with Crippen molar-refractivity contribution in [3.8, 4) is 22.3 Å². The number of benzene rings is 1. The Bertz CT molecular complexity index is 945. The van der Waals surface area contributed by atoms with Crippen molar-refractivity contribution in [2.45, 2.75) is 19.1 Å². The van der Waals surface area contributed by atoms with E-state index in [1.165, 1.54) is 11.3 Å². The Hall–Kier alpha value is -2.84. The van der Waals surface area contributed by atoms with Gasteiger partial charge in [-0.05, 0) is 35.6 Å². The van der Waals surface area contributed by atoms with Crippen molar-refractivity contribution in [1.29, 1.82) is 0 Å². The van der Waals surface area contributed by atoms with Gasteiger partial charge in [-0.15, -0.1) is 23.0 Å². The Labute approximate surface area is 160 Å². The predicted molar refractivity (Wildman–Crippen MR) is 102 cm³/mol. The summed E-state index contributed by atoms with van der Waals surface area (Å²) in [7, 11) is 1.55. The first kappa shape index (κ1) is 18.9. The van der Waals surface area contributed by atoms with E-state index in [0.29, 0.717) is 11.5 Å². The molecule has 0 bridgehead atoms. The van der Waals surface area contributed by atoms with Crippen molar-refractivity contribution in [1.82, 2.24) is 9.78 Å². The molecular formula is C19H20N2O5S. The fourth-order valence-electron chi connectivity index (χ4n) is 2.48. The lowest BCUT2D eigenvalue weighted by Crippen LogP contribution is -2.29. The molecule has 0 fully saturated rings. The second kappa shape index (κ2) is 8.70. The normalized spacial score (nSPS) is 11.9. The minimum Gasteiger partial charge on any atom is -0.493 e. The van der Waals surface area contributed by atoms with E-state index < -0.39 is 11.9 Å². The molecule has 8 heteroatoms. The molecule has 1 atom stereocenters. The molecule has 2 aromatic heterocycles. The molecule has 0 aliphatic carbocycles. The van der Waals surface area contributed by atoms with Gasteiger partial charge < -0.3 is 19.0 Å². The summed E-state index contributed by atoms with van der Waals surface area (Å²) in [6.45, 7) is 3.65. The highest BCUT2D eigenvalue weighted by molar-refractivity contribution is 7.13. The van der Waals surface area contributed by atoms with Crippen LogP contribution in [0.15, 0.2) is 57.6 Å². The molecule has 1 unspecified atom stereocenters. The first-order chi connectivity index (χ1) is 13.1. The highest BCUT2D eigenvalue weighted by Crippen LogP contribution is 2.28. The van der Waals surface area contributed by atoms with Crippen molar-refractivity contribution in [3.05, 3.63) is 64.5 Å². The zero-order valence-electron chi connectivity index (χ0n) is 14.8. The number of ether oxygens (including phenoxy) is 2. The summed E-state index contributed by atoms with van der Waals surface area (Å²) in [6.07, 6.45) is 1.58. The average molecular weight is 388 g/mol. The Morgan fingerprint density at radius 3 is 2.96 bits per heavy atom. The van der Waals surface area contributed by atoms with E-state index in [2.05, 4.69) is 11.7 Å². The SMILES string of the molecule is C=CCc1ccc(OCC(O)Cn2nc(-c3cccs3)oc2=O)c(OC)c1. The molecule has 0 amide bonds. The van der Waals surface area contributed by atoms with Crippen LogP contribution in [-0.2, 0) is 13.0 Å². The van der Waals surface area contributed by atoms with E-state index in [1.54, 1.807) is 19.3 Å². The van der Waals surface area contributed by atoms with Gasteiger partial charge in [-0.2, -0.15) is 4.68 Å². The van der Waals surface area contributed by atoms with E-state index in [9.17, 15) is 9.90 Å². The average Bonchev–Trinajstić information content (AvgIpc) is 3.31. The van der Waals surface area contributed by atoms with Gasteiger partial charge in [-0.25, -0.2) is 4.79 Å². The van der Waals surface area contributed by atoms with Gasteiger partial charge in [0.25, 0.3) is 5.89 Å². The lowest BCUT2D eigenvalue weighted by molar-refractivity contribution is 0.0861. The highest BCUT2D eigenvalue weighted by atomic mass is 32.1. The number of aliphatic hydroxyl groups is 1. The first-order valence-electron chi connectivity index (χ1n) is 8.31. The van der Waals surface area contributed by atoms with Crippen molar-refractivity contribution in [2.75, 3.05) is 13.7 Å². The van der Waals surface area contributed by atoms with Crippen LogP contribution in [0.2, 0.25) is 0 Å². The number of aliphatic hydroxyl groups excluding tert-OH is 1. The third-order valence-electron chi connectivity index (χ3n) is 3.76. The molecule has 0 aliphatic heterocycles. The standard InChI is InChI=1S/C19H20N2O5S/c1-3-5-13-7-8-15(16(10-13)24-2)25-12-14(22)11-21-19(23)26-18(20-21)17-6-4-9-27-17/h3-4,6-10,14,22H,1,5,11-12H2,2H3. The van der Waals surface area contributed by atoms with Gasteiger partial charge in [0.15, 0.2) is 11.5 Å². The second-order valence-electron chi connectivity index (χ2n) is 5.78. The number of thiophene rings is 1. The van der Waals surface area contributed by atoms with Gasteiger partial charge in [0.2, 0.25) is 0 Å². The van der Waals surface area contributed by atoms with Crippen LogP contribution in [0.1, 0.15) is 5.56 Å². The number of aromatic nitrogens is 2. The minimum absolute atomic E-state index is 0.0230. The van der Waals surface area contributed by atoms with Crippen LogP contribution in [0, 0.1) is 0 Å². The van der Waals surface area contributed by atoms with Crippen molar-refractivity contribution in [3.63, 3.8) is 0 Å². The molecule has 1 N–H and O–H groups in total. The predicted octanol–water partition coefficient (Wildman–Crippen LogP) is 2.74. The van der Waals surface area contributed by atoms with Crippen LogP contribution in [0.3, 0.4) is 0 Å². The summed E-state index contributed by atoms with van der Waals surface area (Å²) in [6, 6.07) is 9.19. The Morgan fingerprint density at radius 1 is 1.41 bits per heavy atom. The summed E-state index contributed by atoms with van der Waals surface area (Å²) >= 11 is 1.42. The van der Waals surface area contributed by atoms with Crippen LogP contribution in [0.5, 0.6) is 11.5 Å². The highest BCUT2D eigenvalue weighted by Gasteiger charge is 2.16. The van der Waals surface area contributed by atoms with E-state index in [-0.39, 0.29) is 19.0 Å². The van der Waals surface area contributed by atoms with Crippen molar-refractivity contribution < 1.29 is 19.0 Å². The zero-order chi connectivity index (χ0) is 19.2. The van der Waals surface area contributed by atoms with Crippen LogP contribution in [-0.4, -0.2) is 34.7 Å². The molecule has 0 radical (unpaired) electrons. The number of hydrogen-bond donors (Lipinski definition) is 1. The lowest BCUT2D eigenvalue weighted by Gasteiger charge is -2.14. The first-order valence-corrected chi connectivity index (χ1v) is 9.19. The van der Waals surface area contributed by atoms with Gasteiger partial charge in [0, 0.05) is 0 Å². The monoisotopic (exact) mass is 388 g/mol. The van der Waals surface area contributed by atoms with Crippen molar-refractivity contribution in [2.24, 2.45) is 0 Å². The molecule has 0 spiro atoms. The maximum atomic E-state index is 11.9. The van der Waals surface area contributed by atoms with E-state index in [0.717, 1.165) is 21.5 Å². The quantitative estimate of drug-likeness (QED) is 0.567. The molecule has 0 aliphatic rings. The van der Waals surface area contributed by atoms with E-state index >= 15 is 0 Å². The summed E-state index contributed by atoms with van der Waals surface area (Å²) in [5.41, 5.74) is 1.05. The fraction of sp³-hybridized carbons (Fsp3) is 0.263. The second-order valence-corrected chi connectivity index (χ2v) is 6.72. The maximum Gasteiger partial charge on any atom is 0.437 e. The molecule has 27 heavy (non-hydrogen) atoms. The Balaban J connectivity index is 1.62. The molecule has 7 nitrogen and oxygen atoms in total. The van der Waals surface area contributed by atoms with Crippen LogP contribution in [0.4, 0.5) is 0 Å². The summed E-state index contributed by atoms with van der Waals surface area (Å²) in [4.78, 5) is 12.7. The van der Waals surface area contributed by atoms with Gasteiger partial charge in [0.1, 0.15) is 12.7 Å². The summed E-state index contributed by atoms with van der Waals surface area (Å²) in [5.74, 6) is 0.697. The zero-order valence-corrected chi connectivity index (χ0v) is 15.6. The Kier molecular flexibility index (Phi) is 6.10. The number of allylic oxidation sites excluding steroid dienone is 1. The van der Waals surface area contributed by atoms with E-state index in [1.807, 2.05) is 29.6 Å². The number of rotatable bonds is 9. The number of methoxy groups -OCH3 is 1. The molecule has 3 aromatic rings. The minimum atomic E-state index is -0.943. The topological polar surface area (TPSA) is 86.7 Å². The Morgan fingerprint density at radius 2 is 2.26 bits per heavy atom. The summed E-state index contributed by atoms with van der Waals surface area (Å²) in [5, 5.41) is 16.2. The fourth-order valence-corrected chi connectivity index (χ4v) is 3.13. The molecule has 0 saturated carbocycles. The third kappa shape index (κ3) is 4.66. The van der Waals surface area contributed by atoms with Crippen LogP contribution >= 0.6 is 11.3 Å². The third-order valence-corrected chi connectivity index (χ3v) is 4.62. The molecule has 0 saturated heterocycles. The molecule has 3 rings (SSSR count). The molecule has 142 valence electrons. The van der Waals surface area contributed by atoms with Crippen molar-refractivity contribution >= 4 is 11.3 Å². The molecule has 2 heterocycles. The number of nitrogens with zero attached hydrogens (tertiary/aromatic N) is 2. The van der Waals surface area contributed by atoms with Crippen LogP contribution in [0.25, 0.3) is 10.8 Å². The van der Waals surface area contributed by atoms with Gasteiger partial charge >= 0.3 is 5.76 Å². The lowest BCUT2D eigenvalue weighted by atomic mass is 10.1. The van der Waals surface area contributed by atoms with Crippen LogP contribution < -0.4 is 15.2 Å². The number of hydrogen-bond acceptors (Lipinski definition) is 7. The van der Waals surface area contributed by atoms with E-state index in [4.69, 9.17) is 13.9 Å². The van der Waals surface area contributed by atoms with Gasteiger partial charge in [-0.3, -0.25) is 0 Å². The smallest absolute Gasteiger partial charge is 0.437 e.